The van der Waals surface area contributed by atoms with Gasteiger partial charge < -0.3 is 4.57 Å². The van der Waals surface area contributed by atoms with Crippen molar-refractivity contribution >= 4 is 33.4 Å². The summed E-state index contributed by atoms with van der Waals surface area (Å²) in [6.07, 6.45) is 0. The van der Waals surface area contributed by atoms with Gasteiger partial charge in [0.05, 0.1) is 11.0 Å². The quantitative estimate of drug-likeness (QED) is 0.274. The average molecular weight is 394 g/mol. The first-order chi connectivity index (χ1) is 14.1. The van der Waals surface area contributed by atoms with E-state index >= 15 is 0 Å². The molecule has 4 aromatic carbocycles. The molecule has 0 bridgehead atoms. The lowest BCUT2D eigenvalue weighted by Crippen LogP contribution is -2.14. The molecule has 1 aliphatic rings. The predicted octanol–water partition coefficient (Wildman–Crippen LogP) is 7.74. The molecule has 0 saturated heterocycles. The van der Waals surface area contributed by atoms with Crippen LogP contribution in [-0.2, 0) is 5.41 Å². The predicted molar refractivity (Wildman–Crippen MR) is 123 cm³/mol. The van der Waals surface area contributed by atoms with Crippen LogP contribution in [0.3, 0.4) is 0 Å². The highest BCUT2D eigenvalue weighted by atomic mass is 35.5. The first-order valence-corrected chi connectivity index (χ1v) is 10.4. The summed E-state index contributed by atoms with van der Waals surface area (Å²) < 4.78 is 2.36. The van der Waals surface area contributed by atoms with Gasteiger partial charge in [-0.15, -0.1) is 0 Å². The van der Waals surface area contributed by atoms with Crippen LogP contribution >= 0.6 is 11.6 Å². The van der Waals surface area contributed by atoms with Gasteiger partial charge in [-0.3, -0.25) is 0 Å². The first-order valence-electron chi connectivity index (χ1n) is 9.99. The fourth-order valence-electron chi connectivity index (χ4n) is 5.03. The second-order valence-corrected chi connectivity index (χ2v) is 8.85. The molecule has 29 heavy (non-hydrogen) atoms. The molecule has 0 amide bonds. The van der Waals surface area contributed by atoms with Crippen LogP contribution in [-0.4, -0.2) is 4.57 Å². The van der Waals surface area contributed by atoms with Crippen molar-refractivity contribution in [2.75, 3.05) is 0 Å². The van der Waals surface area contributed by atoms with Crippen molar-refractivity contribution in [3.63, 3.8) is 0 Å². The Morgan fingerprint density at radius 1 is 0.655 bits per heavy atom. The van der Waals surface area contributed by atoms with Crippen molar-refractivity contribution in [3.05, 3.63) is 101 Å². The Bertz CT molecular complexity index is 1420. The second kappa shape index (κ2) is 5.75. The lowest BCUT2D eigenvalue weighted by atomic mass is 9.82. The molecule has 5 aromatic rings. The van der Waals surface area contributed by atoms with Gasteiger partial charge >= 0.3 is 0 Å². The third-order valence-corrected chi connectivity index (χ3v) is 6.71. The molecule has 0 aliphatic heterocycles. The van der Waals surface area contributed by atoms with Crippen molar-refractivity contribution in [2.24, 2.45) is 0 Å². The van der Waals surface area contributed by atoms with Gasteiger partial charge in [-0.25, -0.2) is 0 Å². The SMILES string of the molecule is CC1(C)c2ccccc2-c2cc3c(cc21)c1ccccc1n3-c1ccc(Cl)cc1. The molecule has 6 rings (SSSR count). The van der Waals surface area contributed by atoms with E-state index in [1.54, 1.807) is 0 Å². The standard InChI is InChI=1S/C27H20ClN/c1-27(2)23-9-5-3-7-19(23)21-16-26-22(15-24(21)27)20-8-4-6-10-25(20)29(26)18-13-11-17(28)12-14-18/h3-16H,1-2H3. The minimum atomic E-state index is 0.00356. The number of rotatable bonds is 1. The van der Waals surface area contributed by atoms with Gasteiger partial charge in [-0.05, 0) is 64.7 Å². The van der Waals surface area contributed by atoms with Crippen LogP contribution in [0.5, 0.6) is 0 Å². The third kappa shape index (κ3) is 2.22. The summed E-state index contributed by atoms with van der Waals surface area (Å²) in [5, 5.41) is 3.34. The van der Waals surface area contributed by atoms with Gasteiger partial charge in [0.15, 0.2) is 0 Å². The summed E-state index contributed by atoms with van der Waals surface area (Å²) in [5.74, 6) is 0. The number of halogens is 1. The van der Waals surface area contributed by atoms with E-state index in [1.807, 2.05) is 12.1 Å². The number of hydrogen-bond acceptors (Lipinski definition) is 0. The van der Waals surface area contributed by atoms with E-state index in [0.717, 1.165) is 10.7 Å². The summed E-state index contributed by atoms with van der Waals surface area (Å²) in [6, 6.07) is 30.4. The highest BCUT2D eigenvalue weighted by Gasteiger charge is 2.36. The molecule has 2 heteroatoms. The molecular weight excluding hydrogens is 374 g/mol. The molecule has 0 N–H and O–H groups in total. The zero-order chi connectivity index (χ0) is 19.8. The molecule has 140 valence electrons. The Hall–Kier alpha value is -3.03. The van der Waals surface area contributed by atoms with Crippen LogP contribution in [0.15, 0.2) is 84.9 Å². The van der Waals surface area contributed by atoms with Gasteiger partial charge in [-0.1, -0.05) is 67.9 Å². The molecule has 0 unspecified atom stereocenters. The average Bonchev–Trinajstić information content (AvgIpc) is 3.18. The molecule has 1 aliphatic carbocycles. The largest absolute Gasteiger partial charge is 0.309 e. The molecule has 1 aromatic heterocycles. The normalized spacial score (nSPS) is 14.3. The van der Waals surface area contributed by atoms with Gasteiger partial charge in [-0.2, -0.15) is 0 Å². The molecular formula is C27H20ClN. The number of aromatic nitrogens is 1. The molecule has 0 spiro atoms. The van der Waals surface area contributed by atoms with Crippen molar-refractivity contribution in [2.45, 2.75) is 19.3 Å². The highest BCUT2D eigenvalue weighted by Crippen LogP contribution is 2.50. The third-order valence-electron chi connectivity index (χ3n) is 6.46. The van der Waals surface area contributed by atoms with E-state index in [4.69, 9.17) is 11.6 Å². The van der Waals surface area contributed by atoms with Crippen LogP contribution in [0, 0.1) is 0 Å². The second-order valence-electron chi connectivity index (χ2n) is 8.41. The van der Waals surface area contributed by atoms with Crippen LogP contribution in [0.1, 0.15) is 25.0 Å². The first kappa shape index (κ1) is 16.9. The van der Waals surface area contributed by atoms with Gasteiger partial charge in [0.2, 0.25) is 0 Å². The molecule has 1 heterocycles. The molecule has 0 fully saturated rings. The minimum Gasteiger partial charge on any atom is -0.309 e. The Labute approximate surface area is 175 Å². The van der Waals surface area contributed by atoms with Crippen molar-refractivity contribution in [1.82, 2.24) is 4.57 Å². The number of para-hydroxylation sites is 1. The molecule has 0 atom stereocenters. The lowest BCUT2D eigenvalue weighted by Gasteiger charge is -2.21. The summed E-state index contributed by atoms with van der Waals surface area (Å²) in [6.45, 7) is 4.67. The van der Waals surface area contributed by atoms with Crippen molar-refractivity contribution in [1.29, 1.82) is 0 Å². The maximum absolute atomic E-state index is 6.16. The number of nitrogens with zero attached hydrogens (tertiary/aromatic N) is 1. The van der Waals surface area contributed by atoms with Crippen LogP contribution < -0.4 is 0 Å². The summed E-state index contributed by atoms with van der Waals surface area (Å²) in [7, 11) is 0. The Kier molecular flexibility index (Phi) is 3.34. The van der Waals surface area contributed by atoms with E-state index in [1.165, 1.54) is 44.1 Å². The fourth-order valence-corrected chi connectivity index (χ4v) is 5.16. The summed E-state index contributed by atoms with van der Waals surface area (Å²) in [5.41, 5.74) is 9.10. The van der Waals surface area contributed by atoms with Crippen molar-refractivity contribution in [3.8, 4) is 16.8 Å². The van der Waals surface area contributed by atoms with E-state index in [9.17, 15) is 0 Å². The van der Waals surface area contributed by atoms with E-state index in [2.05, 4.69) is 91.2 Å². The topological polar surface area (TPSA) is 4.93 Å². The summed E-state index contributed by atoms with van der Waals surface area (Å²) >= 11 is 6.16. The maximum atomic E-state index is 6.16. The molecule has 0 saturated carbocycles. The molecule has 0 radical (unpaired) electrons. The number of fused-ring (bicyclic) bond motifs is 6. The monoisotopic (exact) mass is 393 g/mol. The maximum Gasteiger partial charge on any atom is 0.0547 e. The lowest BCUT2D eigenvalue weighted by molar-refractivity contribution is 0.661. The smallest absolute Gasteiger partial charge is 0.0547 e. The minimum absolute atomic E-state index is 0.00356. The summed E-state index contributed by atoms with van der Waals surface area (Å²) in [4.78, 5) is 0. The van der Waals surface area contributed by atoms with E-state index in [0.29, 0.717) is 0 Å². The highest BCUT2D eigenvalue weighted by molar-refractivity contribution is 6.30. The zero-order valence-corrected chi connectivity index (χ0v) is 17.2. The van der Waals surface area contributed by atoms with Crippen LogP contribution in [0.2, 0.25) is 5.02 Å². The Balaban J connectivity index is 1.77. The van der Waals surface area contributed by atoms with Gasteiger partial charge in [0, 0.05) is 26.9 Å². The van der Waals surface area contributed by atoms with E-state index < -0.39 is 0 Å². The Morgan fingerprint density at radius 3 is 2.21 bits per heavy atom. The van der Waals surface area contributed by atoms with Crippen LogP contribution in [0.25, 0.3) is 38.6 Å². The molecule has 1 nitrogen and oxygen atoms in total. The number of benzene rings is 4. The zero-order valence-electron chi connectivity index (χ0n) is 16.4. The van der Waals surface area contributed by atoms with E-state index in [-0.39, 0.29) is 5.41 Å². The van der Waals surface area contributed by atoms with Gasteiger partial charge in [0.25, 0.3) is 0 Å². The Morgan fingerprint density at radius 2 is 1.38 bits per heavy atom. The van der Waals surface area contributed by atoms with Crippen molar-refractivity contribution < 1.29 is 0 Å². The fraction of sp³-hybridized carbons (Fsp3) is 0.111. The van der Waals surface area contributed by atoms with Gasteiger partial charge in [0.1, 0.15) is 0 Å². The van der Waals surface area contributed by atoms with Crippen LogP contribution in [0.4, 0.5) is 0 Å². The number of hydrogen-bond donors (Lipinski definition) is 0.